The molecular formula is C20H23N3O3. The van der Waals surface area contributed by atoms with E-state index in [1.165, 1.54) is 12.4 Å². The Morgan fingerprint density at radius 1 is 1.12 bits per heavy atom. The van der Waals surface area contributed by atoms with E-state index in [1.54, 1.807) is 11.0 Å². The van der Waals surface area contributed by atoms with E-state index in [0.29, 0.717) is 43.3 Å². The van der Waals surface area contributed by atoms with Crippen LogP contribution in [-0.2, 0) is 4.74 Å². The zero-order valence-electron chi connectivity index (χ0n) is 15.1. The molecule has 0 bridgehead atoms. The second-order valence-electron chi connectivity index (χ2n) is 6.56. The number of anilines is 1. The Morgan fingerprint density at radius 2 is 1.81 bits per heavy atom. The van der Waals surface area contributed by atoms with Gasteiger partial charge in [-0.2, -0.15) is 0 Å². The largest absolute Gasteiger partial charge is 0.378 e. The molecule has 0 spiro atoms. The summed E-state index contributed by atoms with van der Waals surface area (Å²) >= 11 is 0. The van der Waals surface area contributed by atoms with Crippen molar-refractivity contribution in [2.45, 2.75) is 19.8 Å². The van der Waals surface area contributed by atoms with Gasteiger partial charge >= 0.3 is 0 Å². The number of hydrogen-bond donors (Lipinski definition) is 1. The maximum absolute atomic E-state index is 12.6. The van der Waals surface area contributed by atoms with E-state index in [1.807, 2.05) is 24.3 Å². The number of morpholine rings is 1. The zero-order valence-corrected chi connectivity index (χ0v) is 15.1. The summed E-state index contributed by atoms with van der Waals surface area (Å²) < 4.78 is 5.27. The quantitative estimate of drug-likeness (QED) is 0.917. The Bertz CT molecular complexity index is 798. The summed E-state index contributed by atoms with van der Waals surface area (Å²) in [4.78, 5) is 31.0. The molecule has 6 nitrogen and oxygen atoms in total. The first-order chi connectivity index (χ1) is 12.6. The van der Waals surface area contributed by atoms with Crippen molar-refractivity contribution in [2.24, 2.45) is 0 Å². The molecule has 0 atom stereocenters. The number of para-hydroxylation sites is 1. The monoisotopic (exact) mass is 353 g/mol. The van der Waals surface area contributed by atoms with E-state index in [0.717, 1.165) is 11.3 Å². The molecule has 2 aromatic rings. The average Bonchev–Trinajstić information content (AvgIpc) is 2.68. The number of pyridine rings is 1. The van der Waals surface area contributed by atoms with Gasteiger partial charge in [0.2, 0.25) is 0 Å². The summed E-state index contributed by atoms with van der Waals surface area (Å²) in [7, 11) is 0. The van der Waals surface area contributed by atoms with Crippen LogP contribution >= 0.6 is 0 Å². The van der Waals surface area contributed by atoms with Crippen molar-refractivity contribution in [1.29, 1.82) is 0 Å². The number of hydrogen-bond acceptors (Lipinski definition) is 4. The molecule has 1 aromatic heterocycles. The SMILES string of the molecule is CC(C)c1ccccc1NC(=O)c1cncc(C(=O)N2CCOCC2)c1. The summed E-state index contributed by atoms with van der Waals surface area (Å²) in [5, 5.41) is 2.93. The van der Waals surface area contributed by atoms with E-state index >= 15 is 0 Å². The number of carbonyl (C=O) groups is 2. The molecule has 1 fully saturated rings. The van der Waals surface area contributed by atoms with Gasteiger partial charge in [0, 0.05) is 31.2 Å². The number of carbonyl (C=O) groups excluding carboxylic acids is 2. The van der Waals surface area contributed by atoms with Gasteiger partial charge in [-0.1, -0.05) is 32.0 Å². The van der Waals surface area contributed by atoms with Crippen LogP contribution in [0.25, 0.3) is 0 Å². The fourth-order valence-corrected chi connectivity index (χ4v) is 2.94. The Morgan fingerprint density at radius 3 is 2.54 bits per heavy atom. The van der Waals surface area contributed by atoms with Crippen LogP contribution in [-0.4, -0.2) is 48.0 Å². The lowest BCUT2D eigenvalue weighted by atomic mass is 10.0. The van der Waals surface area contributed by atoms with Crippen molar-refractivity contribution in [3.63, 3.8) is 0 Å². The summed E-state index contributed by atoms with van der Waals surface area (Å²) in [5.41, 5.74) is 2.62. The minimum atomic E-state index is -0.276. The smallest absolute Gasteiger partial charge is 0.257 e. The topological polar surface area (TPSA) is 71.5 Å². The number of rotatable bonds is 4. The van der Waals surface area contributed by atoms with Gasteiger partial charge < -0.3 is 15.0 Å². The van der Waals surface area contributed by atoms with Crippen LogP contribution in [0, 0.1) is 0 Å². The molecule has 1 saturated heterocycles. The maximum Gasteiger partial charge on any atom is 0.257 e. The van der Waals surface area contributed by atoms with Crippen LogP contribution in [0.15, 0.2) is 42.7 Å². The highest BCUT2D eigenvalue weighted by Gasteiger charge is 2.20. The van der Waals surface area contributed by atoms with Gasteiger partial charge in [-0.15, -0.1) is 0 Å². The molecule has 6 heteroatoms. The van der Waals surface area contributed by atoms with Crippen molar-refractivity contribution >= 4 is 17.5 Å². The Balaban J connectivity index is 1.77. The second-order valence-corrected chi connectivity index (χ2v) is 6.56. The molecule has 136 valence electrons. The van der Waals surface area contributed by atoms with Gasteiger partial charge in [-0.25, -0.2) is 0 Å². The standard InChI is InChI=1S/C20H23N3O3/c1-14(2)17-5-3-4-6-18(17)22-19(24)15-11-16(13-21-12-15)20(25)23-7-9-26-10-8-23/h3-6,11-14H,7-10H2,1-2H3,(H,22,24). The van der Waals surface area contributed by atoms with Crippen molar-refractivity contribution in [3.8, 4) is 0 Å². The van der Waals surface area contributed by atoms with E-state index in [-0.39, 0.29) is 11.8 Å². The summed E-state index contributed by atoms with van der Waals surface area (Å²) in [5.74, 6) is -0.112. The summed E-state index contributed by atoms with van der Waals surface area (Å²) in [6.07, 6.45) is 2.97. The molecule has 0 radical (unpaired) electrons. The van der Waals surface area contributed by atoms with Gasteiger partial charge in [-0.05, 0) is 23.6 Å². The first kappa shape index (κ1) is 18.1. The first-order valence-corrected chi connectivity index (χ1v) is 8.78. The molecule has 2 amide bonds. The Labute approximate surface area is 153 Å². The molecule has 1 aliphatic rings. The Hall–Kier alpha value is -2.73. The van der Waals surface area contributed by atoms with E-state index < -0.39 is 0 Å². The van der Waals surface area contributed by atoms with Crippen molar-refractivity contribution in [1.82, 2.24) is 9.88 Å². The second kappa shape index (κ2) is 8.10. The maximum atomic E-state index is 12.6. The summed E-state index contributed by atoms with van der Waals surface area (Å²) in [6, 6.07) is 9.31. The highest BCUT2D eigenvalue weighted by Crippen LogP contribution is 2.24. The fourth-order valence-electron chi connectivity index (χ4n) is 2.94. The fraction of sp³-hybridized carbons (Fsp3) is 0.350. The average molecular weight is 353 g/mol. The minimum absolute atomic E-state index is 0.127. The van der Waals surface area contributed by atoms with Crippen LogP contribution in [0.3, 0.4) is 0 Å². The highest BCUT2D eigenvalue weighted by molar-refractivity contribution is 6.06. The van der Waals surface area contributed by atoms with Crippen LogP contribution in [0.2, 0.25) is 0 Å². The minimum Gasteiger partial charge on any atom is -0.378 e. The van der Waals surface area contributed by atoms with Crippen LogP contribution in [0.5, 0.6) is 0 Å². The van der Waals surface area contributed by atoms with Gasteiger partial charge in [-0.3, -0.25) is 14.6 Å². The predicted molar refractivity (Wildman–Crippen MR) is 99.4 cm³/mol. The zero-order chi connectivity index (χ0) is 18.5. The molecule has 1 aliphatic heterocycles. The van der Waals surface area contributed by atoms with Crippen LogP contribution < -0.4 is 5.32 Å². The molecule has 1 N–H and O–H groups in total. The third-order valence-corrected chi connectivity index (χ3v) is 4.38. The molecule has 0 unspecified atom stereocenters. The van der Waals surface area contributed by atoms with Gasteiger partial charge in [0.1, 0.15) is 0 Å². The molecule has 2 heterocycles. The normalized spacial score (nSPS) is 14.3. The summed E-state index contributed by atoms with van der Waals surface area (Å²) in [6.45, 7) is 6.33. The van der Waals surface area contributed by atoms with Crippen molar-refractivity contribution in [2.75, 3.05) is 31.6 Å². The lowest BCUT2D eigenvalue weighted by Gasteiger charge is -2.26. The van der Waals surface area contributed by atoms with Gasteiger partial charge in [0.05, 0.1) is 24.3 Å². The number of nitrogens with one attached hydrogen (secondary N) is 1. The number of ether oxygens (including phenoxy) is 1. The van der Waals surface area contributed by atoms with E-state index in [9.17, 15) is 9.59 Å². The Kier molecular flexibility index (Phi) is 5.63. The van der Waals surface area contributed by atoms with E-state index in [2.05, 4.69) is 24.1 Å². The molecule has 1 aromatic carbocycles. The molecular weight excluding hydrogens is 330 g/mol. The van der Waals surface area contributed by atoms with Gasteiger partial charge in [0.25, 0.3) is 11.8 Å². The van der Waals surface area contributed by atoms with Gasteiger partial charge in [0.15, 0.2) is 0 Å². The lowest BCUT2D eigenvalue weighted by molar-refractivity contribution is 0.0302. The first-order valence-electron chi connectivity index (χ1n) is 8.78. The lowest BCUT2D eigenvalue weighted by Crippen LogP contribution is -2.40. The molecule has 3 rings (SSSR count). The van der Waals surface area contributed by atoms with Crippen LogP contribution in [0.1, 0.15) is 46.0 Å². The van der Waals surface area contributed by atoms with Crippen LogP contribution in [0.4, 0.5) is 5.69 Å². The van der Waals surface area contributed by atoms with Crippen molar-refractivity contribution in [3.05, 3.63) is 59.4 Å². The molecule has 26 heavy (non-hydrogen) atoms. The van der Waals surface area contributed by atoms with E-state index in [4.69, 9.17) is 4.74 Å². The molecule has 0 saturated carbocycles. The van der Waals surface area contributed by atoms with Crippen molar-refractivity contribution < 1.29 is 14.3 Å². The third-order valence-electron chi connectivity index (χ3n) is 4.38. The molecule has 0 aliphatic carbocycles. The number of amides is 2. The number of aromatic nitrogens is 1. The predicted octanol–water partition coefficient (Wildman–Crippen LogP) is 2.93. The highest BCUT2D eigenvalue weighted by atomic mass is 16.5. The number of benzene rings is 1. The third kappa shape index (κ3) is 4.08. The number of nitrogens with zero attached hydrogens (tertiary/aromatic N) is 2.